The number of aliphatic hydroxyl groups is 4. The summed E-state index contributed by atoms with van der Waals surface area (Å²) in [6.07, 6.45) is 40.4. The third kappa shape index (κ3) is 33.4. The molecule has 2 unspecified atom stereocenters. The number of carbonyl (C=O) groups is 2. The number of allylic oxidation sites excluding steroid dienone is 4. The first-order chi connectivity index (χ1) is 29.8. The van der Waals surface area contributed by atoms with Crippen molar-refractivity contribution in [1.29, 1.82) is 0 Å². The smallest absolute Gasteiger partial charge is 0.306 e. The predicted molar refractivity (Wildman–Crippen MR) is 247 cm³/mol. The van der Waals surface area contributed by atoms with Gasteiger partial charge in [-0.3, -0.25) is 9.59 Å². The summed E-state index contributed by atoms with van der Waals surface area (Å²) < 4.78 is 22.2. The molecule has 0 aromatic rings. The Hall–Kier alpha value is -1.82. The molecule has 1 aliphatic rings. The summed E-state index contributed by atoms with van der Waals surface area (Å²) in [5, 5.41) is 40.2. The molecule has 0 saturated carbocycles. The van der Waals surface area contributed by atoms with Crippen molar-refractivity contribution in [2.24, 2.45) is 0 Å². The van der Waals surface area contributed by atoms with Crippen molar-refractivity contribution in [3.63, 3.8) is 0 Å². The monoisotopic (exact) mass is 867 g/mol. The van der Waals surface area contributed by atoms with Crippen LogP contribution in [0.4, 0.5) is 0 Å². The Morgan fingerprint density at radius 2 is 0.918 bits per heavy atom. The normalized spacial score (nSPS) is 19.9. The van der Waals surface area contributed by atoms with Gasteiger partial charge >= 0.3 is 11.9 Å². The van der Waals surface area contributed by atoms with E-state index in [1.807, 2.05) is 0 Å². The Labute approximate surface area is 373 Å². The minimum absolute atomic E-state index is 0.216. The Balaban J connectivity index is 2.26. The molecular weight excluding hydrogens is 773 g/mol. The van der Waals surface area contributed by atoms with Gasteiger partial charge in [0.2, 0.25) is 0 Å². The Morgan fingerprint density at radius 1 is 0.508 bits per heavy atom. The maximum absolute atomic E-state index is 12.8. The molecular formula is C51H94O10. The summed E-state index contributed by atoms with van der Waals surface area (Å²) >= 11 is 0. The molecule has 6 atom stereocenters. The van der Waals surface area contributed by atoms with Gasteiger partial charge in [-0.2, -0.15) is 0 Å². The first-order valence-corrected chi connectivity index (χ1v) is 25.4. The van der Waals surface area contributed by atoms with Gasteiger partial charge in [0.1, 0.15) is 31.0 Å². The first-order valence-electron chi connectivity index (χ1n) is 25.4. The van der Waals surface area contributed by atoms with E-state index in [-0.39, 0.29) is 32.0 Å². The van der Waals surface area contributed by atoms with Gasteiger partial charge in [-0.05, 0) is 44.9 Å². The number of aliphatic hydroxyl groups excluding tert-OH is 4. The number of hydrogen-bond acceptors (Lipinski definition) is 10. The van der Waals surface area contributed by atoms with E-state index in [0.717, 1.165) is 51.4 Å². The van der Waals surface area contributed by atoms with Gasteiger partial charge in [-0.15, -0.1) is 0 Å². The molecule has 0 aliphatic carbocycles. The maximum Gasteiger partial charge on any atom is 0.306 e. The Morgan fingerprint density at radius 3 is 1.39 bits per heavy atom. The van der Waals surface area contributed by atoms with Crippen molar-refractivity contribution in [2.75, 3.05) is 19.8 Å². The number of rotatable bonds is 43. The molecule has 1 aliphatic heterocycles. The fourth-order valence-electron chi connectivity index (χ4n) is 7.81. The zero-order chi connectivity index (χ0) is 44.4. The van der Waals surface area contributed by atoms with Gasteiger partial charge in [0.05, 0.1) is 13.2 Å². The van der Waals surface area contributed by atoms with Gasteiger partial charge in [0.15, 0.2) is 12.4 Å². The highest BCUT2D eigenvalue weighted by Crippen LogP contribution is 2.23. The van der Waals surface area contributed by atoms with Gasteiger partial charge in [0.25, 0.3) is 0 Å². The second kappa shape index (κ2) is 42.1. The molecule has 0 bridgehead atoms. The topological polar surface area (TPSA) is 152 Å². The van der Waals surface area contributed by atoms with Crippen LogP contribution in [-0.4, -0.2) is 89.0 Å². The zero-order valence-electron chi connectivity index (χ0n) is 39.2. The van der Waals surface area contributed by atoms with E-state index in [0.29, 0.717) is 6.42 Å². The van der Waals surface area contributed by atoms with Gasteiger partial charge < -0.3 is 39.4 Å². The van der Waals surface area contributed by atoms with Crippen molar-refractivity contribution in [1.82, 2.24) is 0 Å². The van der Waals surface area contributed by atoms with E-state index < -0.39 is 49.4 Å². The van der Waals surface area contributed by atoms with E-state index in [1.54, 1.807) is 0 Å². The lowest BCUT2D eigenvalue weighted by molar-refractivity contribution is -0.305. The van der Waals surface area contributed by atoms with Crippen LogP contribution in [0, 0.1) is 0 Å². The van der Waals surface area contributed by atoms with Crippen LogP contribution in [0.2, 0.25) is 0 Å². The molecule has 10 heteroatoms. The number of esters is 2. The van der Waals surface area contributed by atoms with Crippen LogP contribution in [0.25, 0.3) is 0 Å². The summed E-state index contributed by atoms with van der Waals surface area (Å²) in [5.74, 6) is -0.804. The van der Waals surface area contributed by atoms with Crippen LogP contribution >= 0.6 is 0 Å². The lowest BCUT2D eigenvalue weighted by atomic mass is 9.99. The second-order valence-corrected chi connectivity index (χ2v) is 17.6. The summed E-state index contributed by atoms with van der Waals surface area (Å²) in [4.78, 5) is 25.4. The van der Waals surface area contributed by atoms with Gasteiger partial charge in [-0.25, -0.2) is 0 Å². The van der Waals surface area contributed by atoms with Crippen molar-refractivity contribution >= 4 is 11.9 Å². The standard InChI is InChI=1S/C51H94O10/c1-3-5-7-9-11-13-15-17-19-21-22-24-25-27-29-31-33-35-37-39-46(53)58-42-44(43-59-51-50(57)49(56)48(55)45(41-52)61-51)60-47(54)40-38-36-34-32-30-28-26-23-20-18-16-14-12-10-8-6-4-2/h12,14,18,20,44-45,48-52,55-57H,3-11,13,15-17,19,21-43H2,1-2H3/b14-12+,20-18+/t44-,45-,48+,49?,50?,51-/m0/s1. The minimum atomic E-state index is -1.59. The SMILES string of the molecule is CCCCC/C=C/C/C=C/CCCCCCCCCC(=O)O[C@@H](COC(=O)CCCCCCCCCCCCCCCCCCCCC)CO[C@H]1O[C@@H](CO)[C@@H](O)C(O)C1O. The molecule has 1 heterocycles. The third-order valence-electron chi connectivity index (χ3n) is 11.8. The third-order valence-corrected chi connectivity index (χ3v) is 11.8. The van der Waals surface area contributed by atoms with Crippen LogP contribution in [0.15, 0.2) is 24.3 Å². The van der Waals surface area contributed by atoms with Gasteiger partial charge in [0, 0.05) is 12.8 Å². The number of hydrogen-bond donors (Lipinski definition) is 4. The van der Waals surface area contributed by atoms with Crippen LogP contribution in [-0.2, 0) is 28.5 Å². The molecule has 0 aromatic heterocycles. The van der Waals surface area contributed by atoms with E-state index in [2.05, 4.69) is 38.2 Å². The molecule has 1 fully saturated rings. The molecule has 1 saturated heterocycles. The highest BCUT2D eigenvalue weighted by molar-refractivity contribution is 5.70. The molecule has 10 nitrogen and oxygen atoms in total. The highest BCUT2D eigenvalue weighted by Gasteiger charge is 2.44. The summed E-state index contributed by atoms with van der Waals surface area (Å²) in [6.45, 7) is 3.43. The van der Waals surface area contributed by atoms with Crippen LogP contribution in [0.1, 0.15) is 232 Å². The minimum Gasteiger partial charge on any atom is -0.462 e. The van der Waals surface area contributed by atoms with E-state index in [9.17, 15) is 30.0 Å². The van der Waals surface area contributed by atoms with Crippen LogP contribution < -0.4 is 0 Å². The van der Waals surface area contributed by atoms with E-state index in [1.165, 1.54) is 148 Å². The van der Waals surface area contributed by atoms with E-state index >= 15 is 0 Å². The molecule has 0 aromatic carbocycles. The fraction of sp³-hybridized carbons (Fsp3) is 0.882. The van der Waals surface area contributed by atoms with E-state index in [4.69, 9.17) is 18.9 Å². The largest absolute Gasteiger partial charge is 0.462 e. The first kappa shape index (κ1) is 57.2. The molecule has 358 valence electrons. The average molecular weight is 867 g/mol. The number of unbranched alkanes of at least 4 members (excludes halogenated alkanes) is 28. The fourth-order valence-corrected chi connectivity index (χ4v) is 7.81. The molecule has 0 radical (unpaired) electrons. The van der Waals surface area contributed by atoms with Crippen molar-refractivity contribution in [2.45, 2.75) is 269 Å². The zero-order valence-corrected chi connectivity index (χ0v) is 39.2. The average Bonchev–Trinajstić information content (AvgIpc) is 3.26. The number of carbonyl (C=O) groups excluding carboxylic acids is 2. The predicted octanol–water partition coefficient (Wildman–Crippen LogP) is 11.7. The lowest BCUT2D eigenvalue weighted by Gasteiger charge is -2.39. The Kier molecular flexibility index (Phi) is 39.5. The Bertz CT molecular complexity index is 1050. The quantitative estimate of drug-likeness (QED) is 0.0265. The molecule has 1 rings (SSSR count). The maximum atomic E-state index is 12.8. The summed E-state index contributed by atoms with van der Waals surface area (Å²) in [6, 6.07) is 0. The van der Waals surface area contributed by atoms with Gasteiger partial charge in [-0.1, -0.05) is 199 Å². The number of ether oxygens (including phenoxy) is 4. The molecule has 0 amide bonds. The van der Waals surface area contributed by atoms with Crippen molar-refractivity contribution in [3.8, 4) is 0 Å². The van der Waals surface area contributed by atoms with Crippen molar-refractivity contribution < 1.29 is 49.0 Å². The molecule has 0 spiro atoms. The second-order valence-electron chi connectivity index (χ2n) is 17.6. The summed E-state index contributed by atoms with van der Waals surface area (Å²) in [7, 11) is 0. The molecule has 61 heavy (non-hydrogen) atoms. The molecule has 4 N–H and O–H groups in total. The lowest BCUT2D eigenvalue weighted by Crippen LogP contribution is -2.59. The van der Waals surface area contributed by atoms with Crippen molar-refractivity contribution in [3.05, 3.63) is 24.3 Å². The van der Waals surface area contributed by atoms with Crippen LogP contribution in [0.3, 0.4) is 0 Å². The highest BCUT2D eigenvalue weighted by atomic mass is 16.7. The van der Waals surface area contributed by atoms with Crippen LogP contribution in [0.5, 0.6) is 0 Å². The summed E-state index contributed by atoms with van der Waals surface area (Å²) in [5.41, 5.74) is 0.